The maximum absolute atomic E-state index is 13.2. The number of rotatable bonds is 9. The van der Waals surface area contributed by atoms with Gasteiger partial charge in [-0.1, -0.05) is 41.9 Å². The number of hydrogen-bond acceptors (Lipinski definition) is 3. The van der Waals surface area contributed by atoms with E-state index in [0.717, 1.165) is 16.7 Å². The van der Waals surface area contributed by atoms with E-state index in [1.807, 2.05) is 45.0 Å². The second-order valence-electron chi connectivity index (χ2n) is 6.83. The summed E-state index contributed by atoms with van der Waals surface area (Å²) in [7, 11) is 0. The highest BCUT2D eigenvalue weighted by Crippen LogP contribution is 2.28. The van der Waals surface area contributed by atoms with Gasteiger partial charge >= 0.3 is 0 Å². The molecule has 0 bridgehead atoms. The van der Waals surface area contributed by atoms with Gasteiger partial charge in [0.15, 0.2) is 0 Å². The van der Waals surface area contributed by atoms with Gasteiger partial charge in [-0.05, 0) is 49.6 Å². The Kier molecular flexibility index (Phi) is 7.78. The minimum Gasteiger partial charge on any atom is -0.377 e. The molecule has 0 atom stereocenters. The van der Waals surface area contributed by atoms with Crippen LogP contribution in [0.15, 0.2) is 42.5 Å². The van der Waals surface area contributed by atoms with Crippen molar-refractivity contribution in [3.63, 3.8) is 0 Å². The fraction of sp³-hybridized carbons (Fsp3) is 0.381. The fourth-order valence-electron chi connectivity index (χ4n) is 2.63. The molecule has 0 aromatic heterocycles. The molecule has 6 heteroatoms. The molecule has 0 spiro atoms. The Hall–Kier alpha value is -1.95. The van der Waals surface area contributed by atoms with Crippen LogP contribution in [0.3, 0.4) is 0 Å². The molecule has 4 nitrogen and oxygen atoms in total. The van der Waals surface area contributed by atoms with Crippen LogP contribution in [0.1, 0.15) is 37.5 Å². The van der Waals surface area contributed by atoms with Crippen LogP contribution in [0.2, 0.25) is 5.02 Å². The molecule has 0 fully saturated rings. The van der Waals surface area contributed by atoms with E-state index in [0.29, 0.717) is 24.8 Å². The van der Waals surface area contributed by atoms with Crippen molar-refractivity contribution in [2.45, 2.75) is 39.5 Å². The van der Waals surface area contributed by atoms with E-state index in [2.05, 4.69) is 10.6 Å². The van der Waals surface area contributed by atoms with Crippen molar-refractivity contribution in [3.05, 3.63) is 70.0 Å². The number of benzene rings is 2. The van der Waals surface area contributed by atoms with Crippen molar-refractivity contribution >= 4 is 17.5 Å². The van der Waals surface area contributed by atoms with Gasteiger partial charge in [0.05, 0.1) is 13.2 Å². The second-order valence-corrected chi connectivity index (χ2v) is 7.24. The summed E-state index contributed by atoms with van der Waals surface area (Å²) >= 11 is 6.13. The first-order valence-corrected chi connectivity index (χ1v) is 9.32. The largest absolute Gasteiger partial charge is 0.377 e. The maximum atomic E-state index is 13.2. The van der Waals surface area contributed by atoms with Crippen molar-refractivity contribution in [3.8, 4) is 0 Å². The smallest absolute Gasteiger partial charge is 0.234 e. The summed E-state index contributed by atoms with van der Waals surface area (Å²) in [6.45, 7) is 7.62. The monoisotopic (exact) mass is 392 g/mol. The molecule has 2 aromatic rings. The van der Waals surface area contributed by atoms with Gasteiger partial charge in [0, 0.05) is 23.7 Å². The number of ether oxygens (including phenoxy) is 1. The summed E-state index contributed by atoms with van der Waals surface area (Å²) in [5, 5.41) is 6.39. The van der Waals surface area contributed by atoms with Crippen LogP contribution in [0, 0.1) is 5.82 Å². The minimum absolute atomic E-state index is 0.125. The summed E-state index contributed by atoms with van der Waals surface area (Å²) in [6.07, 6.45) is 0. The lowest BCUT2D eigenvalue weighted by Crippen LogP contribution is -2.43. The molecule has 0 unspecified atom stereocenters. The number of halogens is 2. The van der Waals surface area contributed by atoms with E-state index >= 15 is 0 Å². The quantitative estimate of drug-likeness (QED) is 0.673. The van der Waals surface area contributed by atoms with E-state index in [1.54, 1.807) is 6.07 Å². The molecule has 2 rings (SSSR count). The van der Waals surface area contributed by atoms with Crippen molar-refractivity contribution in [2.75, 3.05) is 13.2 Å². The Labute approximate surface area is 165 Å². The summed E-state index contributed by atoms with van der Waals surface area (Å²) in [6, 6.07) is 12.2. The summed E-state index contributed by atoms with van der Waals surface area (Å²) in [5.41, 5.74) is 2.29. The third-order valence-corrected chi connectivity index (χ3v) is 4.59. The Balaban J connectivity index is 1.83. The predicted molar refractivity (Wildman–Crippen MR) is 106 cm³/mol. The zero-order chi connectivity index (χ0) is 19.9. The lowest BCUT2D eigenvalue weighted by Gasteiger charge is -2.27. The Morgan fingerprint density at radius 2 is 1.81 bits per heavy atom. The molecule has 0 aliphatic rings. The first-order valence-electron chi connectivity index (χ1n) is 8.94. The van der Waals surface area contributed by atoms with Gasteiger partial charge in [-0.2, -0.15) is 0 Å². The first-order chi connectivity index (χ1) is 12.8. The number of carbonyl (C=O) groups excluding carboxylic acids is 1. The van der Waals surface area contributed by atoms with Gasteiger partial charge in [-0.25, -0.2) is 4.39 Å². The average Bonchev–Trinajstić information content (AvgIpc) is 2.63. The van der Waals surface area contributed by atoms with Crippen molar-refractivity contribution in [1.82, 2.24) is 10.6 Å². The normalized spacial score (nSPS) is 11.4. The third-order valence-electron chi connectivity index (χ3n) is 4.28. The molecule has 2 aromatic carbocycles. The van der Waals surface area contributed by atoms with E-state index < -0.39 is 5.54 Å². The van der Waals surface area contributed by atoms with Crippen LogP contribution < -0.4 is 10.6 Å². The van der Waals surface area contributed by atoms with Crippen LogP contribution in [0.4, 0.5) is 4.39 Å². The lowest BCUT2D eigenvalue weighted by molar-refractivity contribution is -0.120. The molecule has 1 amide bonds. The van der Waals surface area contributed by atoms with E-state index in [4.69, 9.17) is 16.3 Å². The first kappa shape index (κ1) is 21.4. The van der Waals surface area contributed by atoms with Crippen molar-refractivity contribution < 1.29 is 13.9 Å². The average molecular weight is 393 g/mol. The minimum atomic E-state index is -0.566. The predicted octanol–water partition coefficient (Wildman–Crippen LogP) is 4.16. The molecule has 2 N–H and O–H groups in total. The highest BCUT2D eigenvalue weighted by Gasteiger charge is 2.23. The van der Waals surface area contributed by atoms with Gasteiger partial charge in [-0.15, -0.1) is 0 Å². The zero-order valence-electron chi connectivity index (χ0n) is 15.9. The molecule has 0 radical (unpaired) electrons. The van der Waals surface area contributed by atoms with E-state index in [9.17, 15) is 9.18 Å². The number of nitrogens with one attached hydrogen (secondary N) is 2. The van der Waals surface area contributed by atoms with Crippen LogP contribution in [-0.2, 0) is 28.2 Å². The Morgan fingerprint density at radius 1 is 1.15 bits per heavy atom. The summed E-state index contributed by atoms with van der Waals surface area (Å²) in [5.74, 6) is -0.510. The highest BCUT2D eigenvalue weighted by molar-refractivity contribution is 6.31. The zero-order valence-corrected chi connectivity index (χ0v) is 16.7. The maximum Gasteiger partial charge on any atom is 0.234 e. The Morgan fingerprint density at radius 3 is 2.44 bits per heavy atom. The summed E-state index contributed by atoms with van der Waals surface area (Å²) in [4.78, 5) is 12.2. The Bertz CT molecular complexity index is 763. The fourth-order valence-corrected chi connectivity index (χ4v) is 3.03. The van der Waals surface area contributed by atoms with E-state index in [1.165, 1.54) is 12.1 Å². The van der Waals surface area contributed by atoms with Gasteiger partial charge in [0.2, 0.25) is 5.91 Å². The highest BCUT2D eigenvalue weighted by atomic mass is 35.5. The molecule has 27 heavy (non-hydrogen) atoms. The molecule has 146 valence electrons. The second kappa shape index (κ2) is 9.83. The van der Waals surface area contributed by atoms with E-state index in [-0.39, 0.29) is 18.3 Å². The molecule has 0 aliphatic heterocycles. The molecule has 0 aliphatic carbocycles. The molecular formula is C21H26ClFN2O2. The standard InChI is InChI=1S/C21H26ClFN2O2/c1-4-27-14-16-7-5-15(6-8-16)12-24-20(26)13-25-21(2,3)18-10-9-17(23)11-19(18)22/h5-11,25H,4,12-14H2,1-3H3,(H,24,26). The van der Waals surface area contributed by atoms with Crippen molar-refractivity contribution in [2.24, 2.45) is 0 Å². The van der Waals surface area contributed by atoms with Gasteiger partial charge in [-0.3, -0.25) is 10.1 Å². The summed E-state index contributed by atoms with van der Waals surface area (Å²) < 4.78 is 18.6. The van der Waals surface area contributed by atoms with Gasteiger partial charge < -0.3 is 10.1 Å². The number of hydrogen-bond donors (Lipinski definition) is 2. The molecular weight excluding hydrogens is 367 g/mol. The van der Waals surface area contributed by atoms with Crippen molar-refractivity contribution in [1.29, 1.82) is 0 Å². The topological polar surface area (TPSA) is 50.4 Å². The molecule has 0 saturated heterocycles. The SMILES string of the molecule is CCOCc1ccc(CNC(=O)CNC(C)(C)c2ccc(F)cc2Cl)cc1. The van der Waals surface area contributed by atoms with Crippen LogP contribution in [-0.4, -0.2) is 19.1 Å². The lowest BCUT2D eigenvalue weighted by atomic mass is 9.94. The number of carbonyl (C=O) groups is 1. The van der Waals surface area contributed by atoms with Crippen LogP contribution >= 0.6 is 11.6 Å². The van der Waals surface area contributed by atoms with Gasteiger partial charge in [0.1, 0.15) is 5.82 Å². The number of amides is 1. The van der Waals surface area contributed by atoms with Gasteiger partial charge in [0.25, 0.3) is 0 Å². The van der Waals surface area contributed by atoms with Crippen LogP contribution in [0.25, 0.3) is 0 Å². The van der Waals surface area contributed by atoms with Crippen LogP contribution in [0.5, 0.6) is 0 Å². The molecule has 0 saturated carbocycles. The third kappa shape index (κ3) is 6.61. The molecule has 0 heterocycles.